The maximum Gasteiger partial charge on any atom is 0.231 e. The Morgan fingerprint density at radius 1 is 1.25 bits per heavy atom. The molecular weight excluding hydrogens is 410 g/mol. The lowest BCUT2D eigenvalue weighted by atomic mass is 10.2. The van der Waals surface area contributed by atoms with Crippen molar-refractivity contribution in [3.05, 3.63) is 36.2 Å². The number of amides is 1. The molecule has 0 aliphatic carbocycles. The second-order valence-electron chi connectivity index (χ2n) is 8.61. The number of fused-ring (bicyclic) bond motifs is 3. The lowest BCUT2D eigenvalue weighted by Gasteiger charge is -2.35. The molecule has 5 rings (SSSR count). The van der Waals surface area contributed by atoms with Crippen LogP contribution in [0.5, 0.6) is 5.75 Å². The van der Waals surface area contributed by atoms with Crippen molar-refractivity contribution in [1.82, 2.24) is 34.9 Å². The zero-order chi connectivity index (χ0) is 22.2. The van der Waals surface area contributed by atoms with Gasteiger partial charge in [-0.2, -0.15) is 5.10 Å². The number of piperazine rings is 1. The smallest absolute Gasteiger partial charge is 0.231 e. The lowest BCUT2D eigenvalue weighted by molar-refractivity contribution is -0.119. The Labute approximate surface area is 186 Å². The van der Waals surface area contributed by atoms with E-state index in [0.717, 1.165) is 61.4 Å². The fraction of sp³-hybridized carbons (Fsp3) is 0.524. The summed E-state index contributed by atoms with van der Waals surface area (Å²) in [6.45, 7) is 8.98. The summed E-state index contributed by atoms with van der Waals surface area (Å²) in [6, 6.07) is 2.25. The highest BCUT2D eigenvalue weighted by molar-refractivity contribution is 5.76. The number of primary amides is 1. The van der Waals surface area contributed by atoms with E-state index in [1.165, 1.54) is 0 Å². The second kappa shape index (κ2) is 8.30. The first-order valence-corrected chi connectivity index (χ1v) is 11.0. The van der Waals surface area contributed by atoms with Crippen molar-refractivity contribution in [2.24, 2.45) is 5.73 Å². The van der Waals surface area contributed by atoms with Gasteiger partial charge < -0.3 is 25.6 Å². The minimum atomic E-state index is -0.289. The van der Waals surface area contributed by atoms with Crippen molar-refractivity contribution in [2.75, 3.05) is 50.8 Å². The first-order chi connectivity index (χ1) is 15.5. The number of hydrogen-bond acceptors (Lipinski definition) is 9. The molecule has 1 atom stereocenters. The highest BCUT2D eigenvalue weighted by Gasteiger charge is 2.33. The number of nitrogens with zero attached hydrogens (tertiary/aromatic N) is 7. The summed E-state index contributed by atoms with van der Waals surface area (Å²) in [5.74, 6) is 2.27. The summed E-state index contributed by atoms with van der Waals surface area (Å²) < 4.78 is 8.01. The zero-order valence-electron chi connectivity index (χ0n) is 18.4. The Kier molecular flexibility index (Phi) is 5.33. The van der Waals surface area contributed by atoms with E-state index >= 15 is 0 Å². The molecule has 1 fully saturated rings. The SMILES string of the molecule is CC(C)n1ncnc1C1=CN2CCOc3cc(N4CCN(CC(N)=O)CC4)ncc3C2N1. The van der Waals surface area contributed by atoms with Crippen molar-refractivity contribution < 1.29 is 9.53 Å². The van der Waals surface area contributed by atoms with Crippen LogP contribution >= 0.6 is 0 Å². The summed E-state index contributed by atoms with van der Waals surface area (Å²) in [6.07, 6.45) is 5.53. The number of anilines is 1. The van der Waals surface area contributed by atoms with Crippen LogP contribution in [0.3, 0.4) is 0 Å². The molecule has 5 heterocycles. The quantitative estimate of drug-likeness (QED) is 0.671. The molecule has 0 aromatic carbocycles. The molecule has 0 saturated carbocycles. The molecule has 2 aromatic rings. The molecule has 3 aliphatic heterocycles. The number of carbonyl (C=O) groups excluding carboxylic acids is 1. The fourth-order valence-electron chi connectivity index (χ4n) is 4.46. The van der Waals surface area contributed by atoms with E-state index in [9.17, 15) is 4.79 Å². The first-order valence-electron chi connectivity index (χ1n) is 11.0. The normalized spacial score (nSPS) is 20.8. The molecule has 1 saturated heterocycles. The molecule has 0 radical (unpaired) electrons. The molecule has 3 aliphatic rings. The molecule has 3 N–H and O–H groups in total. The van der Waals surface area contributed by atoms with E-state index < -0.39 is 0 Å². The van der Waals surface area contributed by atoms with Gasteiger partial charge >= 0.3 is 0 Å². The Balaban J connectivity index is 1.33. The molecule has 1 amide bonds. The van der Waals surface area contributed by atoms with E-state index in [2.05, 4.69) is 50.1 Å². The molecule has 1 unspecified atom stereocenters. The van der Waals surface area contributed by atoms with Crippen molar-refractivity contribution in [1.29, 1.82) is 0 Å². The minimum absolute atomic E-state index is 0.0613. The van der Waals surface area contributed by atoms with Crippen LogP contribution in [-0.2, 0) is 4.79 Å². The van der Waals surface area contributed by atoms with Gasteiger partial charge in [-0.05, 0) is 13.8 Å². The number of carbonyl (C=O) groups is 1. The van der Waals surface area contributed by atoms with Gasteiger partial charge in [0.1, 0.15) is 30.7 Å². The predicted molar refractivity (Wildman–Crippen MR) is 119 cm³/mol. The molecule has 0 spiro atoms. The monoisotopic (exact) mass is 439 g/mol. The van der Waals surface area contributed by atoms with E-state index in [4.69, 9.17) is 15.5 Å². The van der Waals surface area contributed by atoms with Gasteiger partial charge in [0.05, 0.1) is 24.4 Å². The second-order valence-corrected chi connectivity index (χ2v) is 8.61. The molecule has 0 bridgehead atoms. The average molecular weight is 440 g/mol. The maximum atomic E-state index is 11.2. The third-order valence-electron chi connectivity index (χ3n) is 6.08. The summed E-state index contributed by atoms with van der Waals surface area (Å²) in [4.78, 5) is 26.9. The van der Waals surface area contributed by atoms with Crippen molar-refractivity contribution in [3.63, 3.8) is 0 Å². The Bertz CT molecular complexity index is 1030. The van der Waals surface area contributed by atoms with E-state index in [0.29, 0.717) is 13.2 Å². The summed E-state index contributed by atoms with van der Waals surface area (Å²) in [5, 5.41) is 7.95. The van der Waals surface area contributed by atoms with E-state index in [1.54, 1.807) is 6.33 Å². The van der Waals surface area contributed by atoms with Gasteiger partial charge in [-0.1, -0.05) is 0 Å². The number of rotatable bonds is 5. The Hall–Kier alpha value is -3.34. The fourth-order valence-corrected chi connectivity index (χ4v) is 4.46. The van der Waals surface area contributed by atoms with Gasteiger partial charge in [0, 0.05) is 50.7 Å². The molecular formula is C21H29N9O2. The van der Waals surface area contributed by atoms with E-state index in [-0.39, 0.29) is 18.1 Å². The van der Waals surface area contributed by atoms with Crippen LogP contribution in [0.15, 0.2) is 24.8 Å². The van der Waals surface area contributed by atoms with Crippen molar-refractivity contribution in [3.8, 4) is 5.75 Å². The number of nitrogens with two attached hydrogens (primary N) is 1. The van der Waals surface area contributed by atoms with Crippen LogP contribution in [0, 0.1) is 0 Å². The Morgan fingerprint density at radius 2 is 2.06 bits per heavy atom. The Morgan fingerprint density at radius 3 is 2.81 bits per heavy atom. The topological polar surface area (TPSA) is 118 Å². The van der Waals surface area contributed by atoms with Crippen LogP contribution in [0.25, 0.3) is 5.70 Å². The number of nitrogens with one attached hydrogen (secondary N) is 1. The van der Waals surface area contributed by atoms with Crippen LogP contribution in [-0.4, -0.2) is 81.3 Å². The molecule has 11 nitrogen and oxygen atoms in total. The van der Waals surface area contributed by atoms with Gasteiger partial charge in [-0.25, -0.2) is 14.6 Å². The van der Waals surface area contributed by atoms with Crippen LogP contribution in [0.2, 0.25) is 0 Å². The average Bonchev–Trinajstić information content (AvgIpc) is 3.38. The van der Waals surface area contributed by atoms with E-state index in [1.807, 2.05) is 16.9 Å². The van der Waals surface area contributed by atoms with Gasteiger partial charge in [0.15, 0.2) is 5.82 Å². The van der Waals surface area contributed by atoms with Crippen molar-refractivity contribution >= 4 is 17.4 Å². The maximum absolute atomic E-state index is 11.2. The van der Waals surface area contributed by atoms with Gasteiger partial charge in [-0.15, -0.1) is 0 Å². The highest BCUT2D eigenvalue weighted by atomic mass is 16.5. The predicted octanol–water partition coefficient (Wildman–Crippen LogP) is 0.156. The molecule has 170 valence electrons. The summed E-state index contributed by atoms with van der Waals surface area (Å²) in [7, 11) is 0. The minimum Gasteiger partial charge on any atom is -0.491 e. The van der Waals surface area contributed by atoms with Gasteiger partial charge in [-0.3, -0.25) is 9.69 Å². The van der Waals surface area contributed by atoms with Crippen LogP contribution < -0.4 is 20.7 Å². The molecule has 11 heteroatoms. The van der Waals surface area contributed by atoms with Crippen LogP contribution in [0.1, 0.15) is 37.4 Å². The van der Waals surface area contributed by atoms with Gasteiger partial charge in [0.25, 0.3) is 0 Å². The summed E-state index contributed by atoms with van der Waals surface area (Å²) >= 11 is 0. The summed E-state index contributed by atoms with van der Waals surface area (Å²) in [5.41, 5.74) is 7.27. The molecule has 32 heavy (non-hydrogen) atoms. The number of hydrogen-bond donors (Lipinski definition) is 2. The van der Waals surface area contributed by atoms with Gasteiger partial charge in [0.2, 0.25) is 5.91 Å². The largest absolute Gasteiger partial charge is 0.491 e. The third kappa shape index (κ3) is 3.83. The lowest BCUT2D eigenvalue weighted by Crippen LogP contribution is -2.49. The number of ether oxygens (including phenoxy) is 1. The number of aromatic nitrogens is 4. The number of pyridine rings is 1. The molecule has 2 aromatic heterocycles. The zero-order valence-corrected chi connectivity index (χ0v) is 18.4. The standard InChI is InChI=1S/C21H29N9O2/c1-14(2)30-21(24-13-25-30)16-11-29-7-8-32-17-9-19(23-10-15(17)20(29)26-16)28-5-3-27(4-6-28)12-18(22)31/h9-11,13-14,20,26H,3-8,12H2,1-2H3,(H2,22,31). The first kappa shape index (κ1) is 20.6. The van der Waals surface area contributed by atoms with Crippen LogP contribution in [0.4, 0.5) is 5.82 Å². The highest BCUT2D eigenvalue weighted by Crippen LogP contribution is 2.37. The third-order valence-corrected chi connectivity index (χ3v) is 6.08. The van der Waals surface area contributed by atoms with Crippen molar-refractivity contribution in [2.45, 2.75) is 26.1 Å².